The predicted octanol–water partition coefficient (Wildman–Crippen LogP) is 4.90. The van der Waals surface area contributed by atoms with Crippen LogP contribution in [-0.2, 0) is 23.9 Å². The van der Waals surface area contributed by atoms with Gasteiger partial charge in [-0.25, -0.2) is 9.59 Å². The minimum atomic E-state index is -5.37. The van der Waals surface area contributed by atoms with Gasteiger partial charge < -0.3 is 26.0 Å². The highest BCUT2D eigenvalue weighted by Crippen LogP contribution is 2.24. The molecular formula is C30H28ClF3N4O6. The summed E-state index contributed by atoms with van der Waals surface area (Å²) in [6, 6.07) is 20.7. The van der Waals surface area contributed by atoms with Crippen molar-refractivity contribution < 1.29 is 41.9 Å². The molecule has 0 aromatic heterocycles. The number of hydrogen-bond acceptors (Lipinski definition) is 6. The molecule has 0 radical (unpaired) electrons. The molecule has 0 aliphatic heterocycles. The Bertz CT molecular complexity index is 1470. The second-order valence-electron chi connectivity index (χ2n) is 9.34. The largest absolute Gasteiger partial charge is 0.491 e. The van der Waals surface area contributed by atoms with Crippen LogP contribution in [0, 0.1) is 0 Å². The third-order valence-electron chi connectivity index (χ3n) is 5.96. The Morgan fingerprint density at radius 1 is 0.818 bits per heavy atom. The van der Waals surface area contributed by atoms with Crippen LogP contribution in [-0.4, -0.2) is 49.0 Å². The van der Waals surface area contributed by atoms with Crippen molar-refractivity contribution in [2.24, 2.45) is 0 Å². The van der Waals surface area contributed by atoms with Crippen LogP contribution in [0.15, 0.2) is 78.9 Å². The molecule has 4 N–H and O–H groups in total. The van der Waals surface area contributed by atoms with E-state index in [9.17, 15) is 37.1 Å². The van der Waals surface area contributed by atoms with Gasteiger partial charge in [-0.3, -0.25) is 14.4 Å². The summed E-state index contributed by atoms with van der Waals surface area (Å²) in [6.07, 6.45) is -5.92. The van der Waals surface area contributed by atoms with Crippen molar-refractivity contribution in [3.8, 4) is 11.1 Å². The molecular weight excluding hydrogens is 605 g/mol. The number of carbonyl (C=O) groups is 5. The van der Waals surface area contributed by atoms with Gasteiger partial charge >= 0.3 is 24.1 Å². The first-order chi connectivity index (χ1) is 20.9. The molecule has 4 amide bonds. The first-order valence-corrected chi connectivity index (χ1v) is 13.6. The predicted molar refractivity (Wildman–Crippen MR) is 155 cm³/mol. The van der Waals surface area contributed by atoms with Crippen LogP contribution in [0.3, 0.4) is 0 Å². The number of esters is 2. The van der Waals surface area contributed by atoms with Crippen LogP contribution < -0.4 is 21.3 Å². The van der Waals surface area contributed by atoms with Gasteiger partial charge in [-0.15, -0.1) is 0 Å². The van der Waals surface area contributed by atoms with Crippen molar-refractivity contribution in [3.63, 3.8) is 0 Å². The third kappa shape index (κ3) is 11.4. The molecule has 14 heteroatoms. The molecule has 0 fully saturated rings. The zero-order valence-corrected chi connectivity index (χ0v) is 23.8. The quantitative estimate of drug-likeness (QED) is 0.127. The summed E-state index contributed by atoms with van der Waals surface area (Å²) in [5.74, 6) is -5.42. The molecule has 0 aliphatic rings. The lowest BCUT2D eigenvalue weighted by molar-refractivity contribution is -0.202. The first kappa shape index (κ1) is 33.6. The Kier molecular flexibility index (Phi) is 12.3. The van der Waals surface area contributed by atoms with Gasteiger partial charge in [-0.05, 0) is 41.3 Å². The fraction of sp³-hybridized carbons (Fsp3) is 0.233. The normalized spacial score (nSPS) is 11.5. The van der Waals surface area contributed by atoms with E-state index in [4.69, 9.17) is 11.6 Å². The van der Waals surface area contributed by atoms with Gasteiger partial charge in [0.2, 0.25) is 11.8 Å². The highest BCUT2D eigenvalue weighted by molar-refractivity contribution is 6.30. The zero-order valence-electron chi connectivity index (χ0n) is 23.1. The molecule has 10 nitrogen and oxygen atoms in total. The number of amides is 4. The van der Waals surface area contributed by atoms with Crippen LogP contribution >= 0.6 is 11.6 Å². The summed E-state index contributed by atoms with van der Waals surface area (Å²) in [6.45, 7) is -0.345. The van der Waals surface area contributed by atoms with Gasteiger partial charge in [0.05, 0.1) is 19.0 Å². The number of anilines is 1. The Morgan fingerprint density at radius 3 is 2.16 bits per heavy atom. The van der Waals surface area contributed by atoms with Gasteiger partial charge in [0.25, 0.3) is 0 Å². The number of carbonyl (C=O) groups excluding carboxylic acids is 5. The van der Waals surface area contributed by atoms with E-state index in [1.54, 1.807) is 48.5 Å². The summed E-state index contributed by atoms with van der Waals surface area (Å²) >= 11 is 5.87. The standard InChI is InChI=1S/C30H28ClF3N4O6/c31-22-8-4-9-23(16-22)37-29(43)35-15-5-10-25(39)36-18-26(40)38-24(17-27(41)44-28(42)30(32,33)34)21-13-11-20(12-14-21)19-6-2-1-3-7-19/h1-4,6-9,11-14,16,24H,5,10,15,17-18H2,(H,36,39)(H,38,40)(H2,35,37,43). The average molecular weight is 633 g/mol. The number of rotatable bonds is 12. The first-order valence-electron chi connectivity index (χ1n) is 13.2. The van der Waals surface area contributed by atoms with Crippen LogP contribution in [0.5, 0.6) is 0 Å². The van der Waals surface area contributed by atoms with E-state index in [0.717, 1.165) is 11.1 Å². The van der Waals surface area contributed by atoms with Crippen LogP contribution in [0.4, 0.5) is 23.7 Å². The molecule has 3 aromatic rings. The lowest BCUT2D eigenvalue weighted by Crippen LogP contribution is -2.40. The van der Waals surface area contributed by atoms with E-state index in [0.29, 0.717) is 16.3 Å². The van der Waals surface area contributed by atoms with Gasteiger partial charge in [-0.1, -0.05) is 72.3 Å². The monoisotopic (exact) mass is 632 g/mol. The molecule has 0 spiro atoms. The summed E-state index contributed by atoms with van der Waals surface area (Å²) < 4.78 is 41.5. The number of alkyl halides is 3. The Morgan fingerprint density at radius 2 is 1.50 bits per heavy atom. The topological polar surface area (TPSA) is 143 Å². The highest BCUT2D eigenvalue weighted by atomic mass is 35.5. The molecule has 1 atom stereocenters. The number of benzene rings is 3. The fourth-order valence-electron chi connectivity index (χ4n) is 3.87. The molecule has 232 valence electrons. The van der Waals surface area contributed by atoms with Crippen molar-refractivity contribution >= 4 is 47.1 Å². The SMILES string of the molecule is O=C(CCCNC(=O)Nc1cccc(Cl)c1)NCC(=O)NC(CC(=O)OC(=O)C(F)(F)F)c1ccc(-c2ccccc2)cc1. The smallest absolute Gasteiger partial charge is 0.386 e. The number of ether oxygens (including phenoxy) is 1. The van der Waals surface area contributed by atoms with Gasteiger partial charge in [0.1, 0.15) is 0 Å². The number of urea groups is 1. The molecule has 0 bridgehead atoms. The maximum Gasteiger partial charge on any atom is 0.491 e. The van der Waals surface area contributed by atoms with Crippen molar-refractivity contribution in [2.45, 2.75) is 31.5 Å². The second kappa shape index (κ2) is 16.1. The van der Waals surface area contributed by atoms with E-state index >= 15 is 0 Å². The molecule has 3 aromatic carbocycles. The minimum Gasteiger partial charge on any atom is -0.386 e. The number of hydrogen-bond donors (Lipinski definition) is 4. The Balaban J connectivity index is 1.51. The summed E-state index contributed by atoms with van der Waals surface area (Å²) in [4.78, 5) is 60.0. The van der Waals surface area contributed by atoms with Crippen molar-refractivity contribution in [1.29, 1.82) is 0 Å². The molecule has 1 unspecified atom stereocenters. The van der Waals surface area contributed by atoms with Crippen LogP contribution in [0.1, 0.15) is 30.9 Å². The number of halogens is 4. The molecule has 0 aliphatic carbocycles. The van der Waals surface area contributed by atoms with Crippen LogP contribution in [0.2, 0.25) is 5.02 Å². The molecule has 0 saturated heterocycles. The van der Waals surface area contributed by atoms with E-state index in [1.165, 1.54) is 0 Å². The van der Waals surface area contributed by atoms with Crippen molar-refractivity contribution in [2.75, 3.05) is 18.4 Å². The minimum absolute atomic E-state index is 0.0268. The Hall–Kier alpha value is -4.91. The van der Waals surface area contributed by atoms with Crippen molar-refractivity contribution in [1.82, 2.24) is 16.0 Å². The fourth-order valence-corrected chi connectivity index (χ4v) is 4.06. The van der Waals surface area contributed by atoms with E-state index < -0.39 is 55.0 Å². The highest BCUT2D eigenvalue weighted by Gasteiger charge is 2.42. The molecule has 0 saturated carbocycles. The number of nitrogens with one attached hydrogen (secondary N) is 4. The lowest BCUT2D eigenvalue weighted by atomic mass is 9.99. The molecule has 3 rings (SSSR count). The van der Waals surface area contributed by atoms with E-state index in [-0.39, 0.29) is 19.4 Å². The third-order valence-corrected chi connectivity index (χ3v) is 6.19. The van der Waals surface area contributed by atoms with Crippen LogP contribution in [0.25, 0.3) is 11.1 Å². The van der Waals surface area contributed by atoms with Crippen molar-refractivity contribution in [3.05, 3.63) is 89.4 Å². The average Bonchev–Trinajstić information content (AvgIpc) is 2.98. The molecule has 0 heterocycles. The molecule has 44 heavy (non-hydrogen) atoms. The van der Waals surface area contributed by atoms with Gasteiger partial charge in [0, 0.05) is 23.7 Å². The summed E-state index contributed by atoms with van der Waals surface area (Å²) in [5.41, 5.74) is 2.53. The van der Waals surface area contributed by atoms with E-state index in [2.05, 4.69) is 26.0 Å². The summed E-state index contributed by atoms with van der Waals surface area (Å²) in [5, 5.41) is 10.5. The zero-order chi connectivity index (χ0) is 32.1. The van der Waals surface area contributed by atoms with Gasteiger partial charge in [0.15, 0.2) is 0 Å². The van der Waals surface area contributed by atoms with Gasteiger partial charge in [-0.2, -0.15) is 13.2 Å². The second-order valence-corrected chi connectivity index (χ2v) is 9.78. The maximum atomic E-state index is 12.6. The maximum absolute atomic E-state index is 12.6. The lowest BCUT2D eigenvalue weighted by Gasteiger charge is -2.19. The Labute approximate surface area is 255 Å². The summed E-state index contributed by atoms with van der Waals surface area (Å²) in [7, 11) is 0. The van der Waals surface area contributed by atoms with E-state index in [1.807, 2.05) is 30.3 Å².